The van der Waals surface area contributed by atoms with Crippen molar-refractivity contribution in [1.82, 2.24) is 0 Å². The molecule has 4 bridgehead atoms. The van der Waals surface area contributed by atoms with E-state index in [2.05, 4.69) is 0 Å². The fourth-order valence-electron chi connectivity index (χ4n) is 6.51. The average Bonchev–Trinajstić information content (AvgIpc) is 3.05. The van der Waals surface area contributed by atoms with Gasteiger partial charge in [-0.25, -0.2) is 0 Å². The van der Waals surface area contributed by atoms with Crippen molar-refractivity contribution < 1.29 is 28.5 Å². The summed E-state index contributed by atoms with van der Waals surface area (Å²) in [4.78, 5) is 27.2. The molecule has 5 aliphatic rings. The Morgan fingerprint density at radius 1 is 1.19 bits per heavy atom. The molecule has 6 rings (SSSR count). The second-order valence-electron chi connectivity index (χ2n) is 10.9. The number of ether oxygens (including phenoxy) is 4. The lowest BCUT2D eigenvalue weighted by molar-refractivity contribution is -0.188. The summed E-state index contributed by atoms with van der Waals surface area (Å²) in [7, 11) is 0. The highest BCUT2D eigenvalue weighted by Crippen LogP contribution is 2.81. The van der Waals surface area contributed by atoms with Crippen LogP contribution < -0.4 is 0 Å². The number of ketones is 1. The summed E-state index contributed by atoms with van der Waals surface area (Å²) in [6.07, 6.45) is 1.07. The third-order valence-electron chi connectivity index (χ3n) is 7.48. The van der Waals surface area contributed by atoms with Crippen LogP contribution in [0.4, 0.5) is 0 Å². The first-order chi connectivity index (χ1) is 14.5. The highest BCUT2D eigenvalue weighted by atomic mass is 16.7. The number of hydrogen-bond acceptors (Lipinski definition) is 6. The van der Waals surface area contributed by atoms with Gasteiger partial charge >= 0.3 is 5.97 Å². The number of esters is 1. The van der Waals surface area contributed by atoms with Gasteiger partial charge in [-0.15, -0.1) is 0 Å². The Bertz CT molecular complexity index is 902. The molecule has 168 valence electrons. The van der Waals surface area contributed by atoms with E-state index in [0.717, 1.165) is 5.56 Å². The quantitative estimate of drug-likeness (QED) is 0.667. The molecule has 6 atom stereocenters. The first-order valence-electron chi connectivity index (χ1n) is 11.3. The zero-order chi connectivity index (χ0) is 22.2. The van der Waals surface area contributed by atoms with Gasteiger partial charge in [0.25, 0.3) is 0 Å². The first kappa shape index (κ1) is 21.1. The van der Waals surface area contributed by atoms with Crippen molar-refractivity contribution in [3.05, 3.63) is 35.9 Å². The Morgan fingerprint density at radius 2 is 1.90 bits per heavy atom. The van der Waals surface area contributed by atoms with Crippen LogP contribution in [0.2, 0.25) is 0 Å². The van der Waals surface area contributed by atoms with E-state index in [1.54, 1.807) is 0 Å². The van der Waals surface area contributed by atoms with E-state index in [4.69, 9.17) is 18.9 Å². The Kier molecular flexibility index (Phi) is 4.51. The summed E-state index contributed by atoms with van der Waals surface area (Å²) in [5, 5.41) is 0. The van der Waals surface area contributed by atoms with Gasteiger partial charge in [0.2, 0.25) is 0 Å². The topological polar surface area (TPSA) is 71.1 Å². The van der Waals surface area contributed by atoms with Crippen LogP contribution in [0.25, 0.3) is 0 Å². The molecular weight excluding hydrogens is 396 g/mol. The Balaban J connectivity index is 1.52. The molecule has 1 aliphatic heterocycles. The predicted molar refractivity (Wildman–Crippen MR) is 112 cm³/mol. The van der Waals surface area contributed by atoms with Gasteiger partial charge < -0.3 is 18.9 Å². The second kappa shape index (κ2) is 6.63. The van der Waals surface area contributed by atoms with Crippen LogP contribution in [0.1, 0.15) is 53.0 Å². The molecule has 0 spiro atoms. The standard InChI is InChI=1S/C25H32O6/c1-22(2,3)31-21(27)25-18(17-14-28-23(4,5)30-17)16-11-12-24(25,20(25)19(16)26)29-13-15-9-7-6-8-10-15/h6-10,16-18,20H,11-14H2,1-5H3/t16-,17+,18-,20?,24+,25?/m0/s1. The summed E-state index contributed by atoms with van der Waals surface area (Å²) < 4.78 is 24.5. The van der Waals surface area contributed by atoms with Crippen LogP contribution in [-0.4, -0.2) is 41.5 Å². The lowest BCUT2D eigenvalue weighted by atomic mass is 9.68. The lowest BCUT2D eigenvalue weighted by Crippen LogP contribution is -2.52. The number of benzene rings is 1. The molecule has 1 saturated heterocycles. The van der Waals surface area contributed by atoms with Crippen molar-refractivity contribution in [2.75, 3.05) is 6.61 Å². The number of Topliss-reactive ketones (excluding diaryl/α,β-unsaturated/α-hetero) is 1. The molecule has 2 unspecified atom stereocenters. The molecule has 0 radical (unpaired) electrons. The van der Waals surface area contributed by atoms with Gasteiger partial charge in [-0.2, -0.15) is 0 Å². The van der Waals surface area contributed by atoms with E-state index in [1.165, 1.54) is 0 Å². The van der Waals surface area contributed by atoms with Crippen molar-refractivity contribution >= 4 is 11.8 Å². The molecule has 0 amide bonds. The number of fused-ring (bicyclic) bond motifs is 1. The van der Waals surface area contributed by atoms with Crippen LogP contribution in [0.15, 0.2) is 30.3 Å². The fraction of sp³-hybridized carbons (Fsp3) is 0.680. The third-order valence-corrected chi connectivity index (χ3v) is 7.48. The number of rotatable bonds is 5. The molecule has 1 heterocycles. The van der Waals surface area contributed by atoms with Crippen molar-refractivity contribution in [2.24, 2.45) is 23.2 Å². The number of carbonyl (C=O) groups excluding carboxylic acids is 2. The zero-order valence-electron chi connectivity index (χ0n) is 19.0. The van der Waals surface area contributed by atoms with E-state index in [1.807, 2.05) is 65.0 Å². The summed E-state index contributed by atoms with van der Waals surface area (Å²) >= 11 is 0. The molecule has 4 aliphatic carbocycles. The second-order valence-corrected chi connectivity index (χ2v) is 10.9. The summed E-state index contributed by atoms with van der Waals surface area (Å²) in [5.74, 6) is -1.88. The molecule has 6 nitrogen and oxygen atoms in total. The van der Waals surface area contributed by atoms with Crippen molar-refractivity contribution in [3.63, 3.8) is 0 Å². The van der Waals surface area contributed by atoms with Crippen LogP contribution in [0, 0.1) is 23.2 Å². The van der Waals surface area contributed by atoms with E-state index in [0.29, 0.717) is 26.1 Å². The monoisotopic (exact) mass is 428 g/mol. The minimum Gasteiger partial charge on any atom is -0.459 e. The van der Waals surface area contributed by atoms with Gasteiger partial charge in [0, 0.05) is 11.8 Å². The minimum atomic E-state index is -0.997. The molecule has 4 saturated carbocycles. The predicted octanol–water partition coefficient (Wildman–Crippen LogP) is 3.66. The van der Waals surface area contributed by atoms with E-state index >= 15 is 0 Å². The largest absolute Gasteiger partial charge is 0.459 e. The third kappa shape index (κ3) is 2.95. The molecule has 0 N–H and O–H groups in total. The van der Waals surface area contributed by atoms with Crippen LogP contribution in [-0.2, 0) is 35.1 Å². The average molecular weight is 429 g/mol. The molecule has 6 heteroatoms. The molecule has 31 heavy (non-hydrogen) atoms. The molecular formula is C25H32O6. The molecule has 5 fully saturated rings. The summed E-state index contributed by atoms with van der Waals surface area (Å²) in [5.41, 5.74) is -1.45. The molecule has 0 aromatic heterocycles. The van der Waals surface area contributed by atoms with Crippen molar-refractivity contribution in [1.29, 1.82) is 0 Å². The lowest BCUT2D eigenvalue weighted by Gasteiger charge is -2.42. The van der Waals surface area contributed by atoms with E-state index in [-0.39, 0.29) is 29.7 Å². The highest BCUT2D eigenvalue weighted by molar-refractivity contribution is 6.05. The zero-order valence-corrected chi connectivity index (χ0v) is 19.0. The van der Waals surface area contributed by atoms with Gasteiger partial charge in [-0.05, 0) is 53.0 Å². The number of carbonyl (C=O) groups is 2. The Hall–Kier alpha value is -1.76. The Morgan fingerprint density at radius 3 is 2.52 bits per heavy atom. The maximum absolute atomic E-state index is 13.8. The minimum absolute atomic E-state index is 0.128. The summed E-state index contributed by atoms with van der Waals surface area (Å²) in [6, 6.07) is 9.88. The van der Waals surface area contributed by atoms with Crippen LogP contribution in [0.3, 0.4) is 0 Å². The number of hydrogen-bond donors (Lipinski definition) is 0. The first-order valence-corrected chi connectivity index (χ1v) is 11.3. The van der Waals surface area contributed by atoms with Gasteiger partial charge in [-0.3, -0.25) is 9.59 Å². The van der Waals surface area contributed by atoms with Crippen LogP contribution >= 0.6 is 0 Å². The smallest absolute Gasteiger partial charge is 0.316 e. The highest BCUT2D eigenvalue weighted by Gasteiger charge is 2.95. The molecule has 1 aromatic carbocycles. The maximum Gasteiger partial charge on any atom is 0.316 e. The fourth-order valence-corrected chi connectivity index (χ4v) is 6.51. The van der Waals surface area contributed by atoms with Crippen molar-refractivity contribution in [3.8, 4) is 0 Å². The van der Waals surface area contributed by atoms with E-state index in [9.17, 15) is 9.59 Å². The van der Waals surface area contributed by atoms with Crippen LogP contribution in [0.5, 0.6) is 0 Å². The van der Waals surface area contributed by atoms with Gasteiger partial charge in [0.15, 0.2) is 5.79 Å². The van der Waals surface area contributed by atoms with Gasteiger partial charge in [-0.1, -0.05) is 30.3 Å². The molecule has 1 aromatic rings. The van der Waals surface area contributed by atoms with Crippen molar-refractivity contribution in [2.45, 2.75) is 77.2 Å². The van der Waals surface area contributed by atoms with E-state index < -0.39 is 28.3 Å². The van der Waals surface area contributed by atoms with Gasteiger partial charge in [0.05, 0.1) is 30.8 Å². The SMILES string of the molecule is CC(C)(C)OC(=O)C12C3C(=O)[C@@H](CC[C@@]31OCc1ccccc1)[C@H]2[C@H]1COC(C)(C)O1. The maximum atomic E-state index is 13.8. The normalized spacial score (nSPS) is 40.1. The summed E-state index contributed by atoms with van der Waals surface area (Å²) in [6.45, 7) is 10.0. The Labute approximate surface area is 183 Å². The van der Waals surface area contributed by atoms with Gasteiger partial charge in [0.1, 0.15) is 16.8 Å².